The van der Waals surface area contributed by atoms with Gasteiger partial charge in [-0.15, -0.1) is 0 Å². The van der Waals surface area contributed by atoms with E-state index in [1.54, 1.807) is 12.1 Å². The van der Waals surface area contributed by atoms with Crippen molar-refractivity contribution in [3.8, 4) is 5.75 Å². The van der Waals surface area contributed by atoms with E-state index in [9.17, 15) is 4.79 Å². The fourth-order valence-corrected chi connectivity index (χ4v) is 4.10. The van der Waals surface area contributed by atoms with Gasteiger partial charge in [0.15, 0.2) is 0 Å². The van der Waals surface area contributed by atoms with E-state index in [4.69, 9.17) is 26.2 Å². The van der Waals surface area contributed by atoms with Gasteiger partial charge in [0.05, 0.1) is 24.4 Å². The van der Waals surface area contributed by atoms with Crippen LogP contribution in [-0.2, 0) is 4.74 Å². The average Bonchev–Trinajstić information content (AvgIpc) is 3.24. The van der Waals surface area contributed by atoms with E-state index in [0.29, 0.717) is 10.6 Å². The van der Waals surface area contributed by atoms with Gasteiger partial charge in [-0.3, -0.25) is 0 Å². The van der Waals surface area contributed by atoms with Crippen LogP contribution in [0.4, 0.5) is 0 Å². The third kappa shape index (κ3) is 3.21. The van der Waals surface area contributed by atoms with Gasteiger partial charge in [0.2, 0.25) is 6.23 Å². The minimum absolute atomic E-state index is 0.0749. The number of esters is 1. The standard InChI is InChI=1S/C24H19ClN2O3/c1-29-24(28)17-8-6-16(7-9-17)23-27-21(19-4-2-3-5-22(19)30-23)14-20(26-27)15-10-12-18(25)13-11-15/h2-13,21,23H,14H2,1H3/t21-,23+/m1/s1. The Morgan fingerprint density at radius 3 is 2.53 bits per heavy atom. The number of ether oxygens (including phenoxy) is 2. The zero-order valence-electron chi connectivity index (χ0n) is 16.3. The maximum atomic E-state index is 11.8. The molecule has 2 aliphatic rings. The summed E-state index contributed by atoms with van der Waals surface area (Å²) in [5, 5.41) is 7.65. The number of rotatable bonds is 3. The van der Waals surface area contributed by atoms with Gasteiger partial charge in [0.25, 0.3) is 0 Å². The van der Waals surface area contributed by atoms with E-state index in [1.807, 2.05) is 59.6 Å². The van der Waals surface area contributed by atoms with Crippen molar-refractivity contribution in [3.05, 3.63) is 100 Å². The fraction of sp³-hybridized carbons (Fsp3) is 0.167. The Morgan fingerprint density at radius 1 is 1.07 bits per heavy atom. The van der Waals surface area contributed by atoms with E-state index < -0.39 is 0 Å². The second-order valence-electron chi connectivity index (χ2n) is 7.28. The molecule has 0 amide bonds. The minimum Gasteiger partial charge on any atom is -0.465 e. The Kier molecular flexibility index (Phi) is 4.68. The predicted molar refractivity (Wildman–Crippen MR) is 115 cm³/mol. The van der Waals surface area contributed by atoms with Gasteiger partial charge in [0.1, 0.15) is 5.75 Å². The zero-order valence-corrected chi connectivity index (χ0v) is 17.0. The maximum Gasteiger partial charge on any atom is 0.337 e. The minimum atomic E-state index is -0.388. The molecule has 0 fully saturated rings. The van der Waals surface area contributed by atoms with Crippen molar-refractivity contribution < 1.29 is 14.3 Å². The van der Waals surface area contributed by atoms with Gasteiger partial charge >= 0.3 is 5.97 Å². The second-order valence-corrected chi connectivity index (χ2v) is 7.71. The highest BCUT2D eigenvalue weighted by atomic mass is 35.5. The molecule has 2 heterocycles. The molecule has 2 atom stereocenters. The van der Waals surface area contributed by atoms with Crippen molar-refractivity contribution in [1.82, 2.24) is 5.01 Å². The highest BCUT2D eigenvalue weighted by Crippen LogP contribution is 2.47. The molecule has 3 aromatic carbocycles. The molecule has 0 radical (unpaired) electrons. The van der Waals surface area contributed by atoms with Crippen molar-refractivity contribution in [2.45, 2.75) is 18.7 Å². The molecule has 5 nitrogen and oxygen atoms in total. The largest absolute Gasteiger partial charge is 0.465 e. The molecule has 30 heavy (non-hydrogen) atoms. The van der Waals surface area contributed by atoms with Crippen LogP contribution in [0, 0.1) is 0 Å². The van der Waals surface area contributed by atoms with Crippen LogP contribution in [0.1, 0.15) is 45.7 Å². The molecule has 0 saturated heterocycles. The monoisotopic (exact) mass is 418 g/mol. The predicted octanol–water partition coefficient (Wildman–Crippen LogP) is 5.37. The van der Waals surface area contributed by atoms with Gasteiger partial charge in [-0.2, -0.15) is 5.10 Å². The highest BCUT2D eigenvalue weighted by molar-refractivity contribution is 6.30. The molecular weight excluding hydrogens is 400 g/mol. The van der Waals surface area contributed by atoms with Gasteiger partial charge in [-0.1, -0.05) is 54.1 Å². The number of methoxy groups -OCH3 is 1. The molecule has 2 aliphatic heterocycles. The summed E-state index contributed by atoms with van der Waals surface area (Å²) in [6.07, 6.45) is 0.389. The Balaban J connectivity index is 1.54. The SMILES string of the molecule is COC(=O)c1ccc([C@@H]2Oc3ccccc3[C@H]3CC(c4ccc(Cl)cc4)=NN32)cc1. The summed E-state index contributed by atoms with van der Waals surface area (Å²) in [4.78, 5) is 11.8. The Hall–Kier alpha value is -3.31. The molecule has 5 rings (SSSR count). The van der Waals surface area contributed by atoms with Gasteiger partial charge in [-0.25, -0.2) is 9.80 Å². The van der Waals surface area contributed by atoms with Crippen LogP contribution in [0.2, 0.25) is 5.02 Å². The van der Waals surface area contributed by atoms with Crippen LogP contribution in [0.15, 0.2) is 77.9 Å². The molecule has 150 valence electrons. The quantitative estimate of drug-likeness (QED) is 0.536. The number of hydrazone groups is 1. The lowest BCUT2D eigenvalue weighted by atomic mass is 9.96. The molecule has 0 aromatic heterocycles. The van der Waals surface area contributed by atoms with Gasteiger partial charge < -0.3 is 9.47 Å². The molecule has 0 bridgehead atoms. The first-order chi connectivity index (χ1) is 14.6. The number of carbonyl (C=O) groups is 1. The number of hydrogen-bond acceptors (Lipinski definition) is 5. The van der Waals surface area contributed by atoms with Crippen molar-refractivity contribution in [1.29, 1.82) is 0 Å². The number of benzene rings is 3. The number of fused-ring (bicyclic) bond motifs is 3. The van der Waals surface area contributed by atoms with E-state index in [2.05, 4.69) is 6.07 Å². The summed E-state index contributed by atoms with van der Waals surface area (Å²) in [6, 6.07) is 23.2. The fourth-order valence-electron chi connectivity index (χ4n) is 3.97. The maximum absolute atomic E-state index is 11.8. The molecule has 0 N–H and O–H groups in total. The Bertz CT molecular complexity index is 1130. The molecule has 3 aromatic rings. The smallest absolute Gasteiger partial charge is 0.337 e. The van der Waals surface area contributed by atoms with Crippen LogP contribution < -0.4 is 4.74 Å². The molecule has 0 unspecified atom stereocenters. The first-order valence-electron chi connectivity index (χ1n) is 9.69. The van der Waals surface area contributed by atoms with Crippen molar-refractivity contribution in [2.24, 2.45) is 5.10 Å². The van der Waals surface area contributed by atoms with Crippen LogP contribution in [0.25, 0.3) is 0 Å². The first kappa shape index (κ1) is 18.7. The van der Waals surface area contributed by atoms with E-state index in [1.165, 1.54) is 7.11 Å². The average molecular weight is 419 g/mol. The number of para-hydroxylation sites is 1. The summed E-state index contributed by atoms with van der Waals surface area (Å²) in [5.41, 5.74) is 4.58. The van der Waals surface area contributed by atoms with Crippen LogP contribution in [0.5, 0.6) is 5.75 Å². The van der Waals surface area contributed by atoms with E-state index in [-0.39, 0.29) is 18.2 Å². The zero-order chi connectivity index (χ0) is 20.7. The lowest BCUT2D eigenvalue weighted by Crippen LogP contribution is -2.33. The second kappa shape index (κ2) is 7.50. The normalized spacial score (nSPS) is 19.4. The van der Waals surface area contributed by atoms with Gasteiger partial charge in [-0.05, 0) is 35.9 Å². The summed E-state index contributed by atoms with van der Waals surface area (Å²) < 4.78 is 11.1. The van der Waals surface area contributed by atoms with Crippen molar-refractivity contribution in [3.63, 3.8) is 0 Å². The molecule has 0 saturated carbocycles. The van der Waals surface area contributed by atoms with Crippen LogP contribution in [-0.4, -0.2) is 23.8 Å². The van der Waals surface area contributed by atoms with E-state index >= 15 is 0 Å². The van der Waals surface area contributed by atoms with E-state index in [0.717, 1.165) is 34.6 Å². The topological polar surface area (TPSA) is 51.1 Å². The van der Waals surface area contributed by atoms with Gasteiger partial charge in [0, 0.05) is 22.6 Å². The number of halogens is 1. The molecule has 6 heteroatoms. The molecule has 0 spiro atoms. The summed E-state index contributed by atoms with van der Waals surface area (Å²) >= 11 is 6.05. The lowest BCUT2D eigenvalue weighted by molar-refractivity contribution is -0.0190. The molecule has 0 aliphatic carbocycles. The molecular formula is C24H19ClN2O3. The third-order valence-electron chi connectivity index (χ3n) is 5.49. The lowest BCUT2D eigenvalue weighted by Gasteiger charge is -2.38. The highest BCUT2D eigenvalue weighted by Gasteiger charge is 2.40. The summed E-state index contributed by atoms with van der Waals surface area (Å²) in [5.74, 6) is 0.493. The van der Waals surface area contributed by atoms with Crippen molar-refractivity contribution >= 4 is 23.3 Å². The van der Waals surface area contributed by atoms with Crippen LogP contribution >= 0.6 is 11.6 Å². The van der Waals surface area contributed by atoms with Crippen LogP contribution in [0.3, 0.4) is 0 Å². The third-order valence-corrected chi connectivity index (χ3v) is 5.75. The summed E-state index contributed by atoms with van der Waals surface area (Å²) in [6.45, 7) is 0. The Labute approximate surface area is 179 Å². The number of hydrogen-bond donors (Lipinski definition) is 0. The first-order valence-corrected chi connectivity index (χ1v) is 10.1. The number of nitrogens with zero attached hydrogens (tertiary/aromatic N) is 2. The van der Waals surface area contributed by atoms with Crippen molar-refractivity contribution in [2.75, 3.05) is 7.11 Å². The summed E-state index contributed by atoms with van der Waals surface area (Å²) in [7, 11) is 1.37. The Morgan fingerprint density at radius 2 is 1.80 bits per heavy atom. The number of carbonyl (C=O) groups excluding carboxylic acids is 1.